The van der Waals surface area contributed by atoms with E-state index >= 15 is 0 Å². The Bertz CT molecular complexity index is 109. The van der Waals surface area contributed by atoms with E-state index in [4.69, 9.17) is 14.9 Å². The number of hydrogen-bond donors (Lipinski definition) is 2. The Kier molecular flexibility index (Phi) is 4.27. The molecule has 0 aromatic heterocycles. The Morgan fingerprint density at radius 3 is 2.40 bits per heavy atom. The molecular formula is C7H14O3. The summed E-state index contributed by atoms with van der Waals surface area (Å²) in [6.45, 7) is 5.32. The molecule has 0 spiro atoms. The molecule has 0 bridgehead atoms. The first-order valence-electron chi connectivity index (χ1n) is 3.12. The van der Waals surface area contributed by atoms with Crippen molar-refractivity contribution in [3.63, 3.8) is 0 Å². The molecule has 0 heterocycles. The molecule has 0 aliphatic heterocycles. The van der Waals surface area contributed by atoms with Crippen molar-refractivity contribution in [1.29, 1.82) is 0 Å². The van der Waals surface area contributed by atoms with Gasteiger partial charge < -0.3 is 14.9 Å². The highest BCUT2D eigenvalue weighted by Gasteiger charge is 2.13. The third-order valence-electron chi connectivity index (χ3n) is 1.20. The van der Waals surface area contributed by atoms with Gasteiger partial charge in [0.25, 0.3) is 0 Å². The Balaban J connectivity index is 3.71. The summed E-state index contributed by atoms with van der Waals surface area (Å²) in [6, 6.07) is 0. The summed E-state index contributed by atoms with van der Waals surface area (Å²) < 4.78 is 4.70. The topological polar surface area (TPSA) is 49.7 Å². The van der Waals surface area contributed by atoms with E-state index in [-0.39, 0.29) is 6.61 Å². The van der Waals surface area contributed by atoms with Gasteiger partial charge in [-0.3, -0.25) is 0 Å². The molecule has 0 saturated heterocycles. The van der Waals surface area contributed by atoms with Crippen molar-refractivity contribution in [1.82, 2.24) is 0 Å². The van der Waals surface area contributed by atoms with E-state index in [1.165, 1.54) is 14.0 Å². The van der Waals surface area contributed by atoms with Crippen LogP contribution in [0.5, 0.6) is 0 Å². The van der Waals surface area contributed by atoms with Crippen LogP contribution in [0.15, 0.2) is 12.2 Å². The molecule has 2 atom stereocenters. The molecule has 3 nitrogen and oxygen atoms in total. The predicted molar refractivity (Wildman–Crippen MR) is 38.7 cm³/mol. The number of hydrogen-bond acceptors (Lipinski definition) is 3. The van der Waals surface area contributed by atoms with Gasteiger partial charge in [-0.25, -0.2) is 0 Å². The van der Waals surface area contributed by atoms with Crippen LogP contribution in [0, 0.1) is 0 Å². The Morgan fingerprint density at radius 1 is 1.60 bits per heavy atom. The first-order chi connectivity index (χ1) is 4.59. The van der Waals surface area contributed by atoms with Crippen LogP contribution in [0.4, 0.5) is 0 Å². The standard InChI is InChI=1S/C7H14O3/c1-5(4-10-3)7(9)6(2)8/h6-9H,1,4H2,2-3H3. The van der Waals surface area contributed by atoms with Gasteiger partial charge in [0.2, 0.25) is 0 Å². The van der Waals surface area contributed by atoms with E-state index in [2.05, 4.69) is 6.58 Å². The second-order valence-electron chi connectivity index (χ2n) is 2.28. The van der Waals surface area contributed by atoms with Crippen LogP contribution < -0.4 is 0 Å². The van der Waals surface area contributed by atoms with Gasteiger partial charge in [0.15, 0.2) is 0 Å². The number of rotatable bonds is 4. The fourth-order valence-corrected chi connectivity index (χ4v) is 0.612. The molecule has 0 amide bonds. The van der Waals surface area contributed by atoms with Crippen molar-refractivity contribution in [2.24, 2.45) is 0 Å². The summed E-state index contributed by atoms with van der Waals surface area (Å²) >= 11 is 0. The molecule has 0 aliphatic rings. The van der Waals surface area contributed by atoms with Gasteiger partial charge in [-0.15, -0.1) is 0 Å². The van der Waals surface area contributed by atoms with Crippen molar-refractivity contribution in [3.8, 4) is 0 Å². The van der Waals surface area contributed by atoms with Gasteiger partial charge in [-0.2, -0.15) is 0 Å². The van der Waals surface area contributed by atoms with Crippen LogP contribution >= 0.6 is 0 Å². The number of aliphatic hydroxyl groups excluding tert-OH is 2. The number of aliphatic hydroxyl groups is 2. The quantitative estimate of drug-likeness (QED) is 0.546. The normalized spacial score (nSPS) is 16.4. The van der Waals surface area contributed by atoms with E-state index in [0.717, 1.165) is 0 Å². The molecule has 3 heteroatoms. The zero-order valence-electron chi connectivity index (χ0n) is 6.37. The van der Waals surface area contributed by atoms with Crippen molar-refractivity contribution >= 4 is 0 Å². The summed E-state index contributed by atoms with van der Waals surface area (Å²) in [6.07, 6.45) is -1.65. The van der Waals surface area contributed by atoms with E-state index in [9.17, 15) is 0 Å². The molecule has 0 fully saturated rings. The molecule has 0 saturated carbocycles. The molecule has 0 aliphatic carbocycles. The minimum Gasteiger partial charge on any atom is -0.390 e. The second kappa shape index (κ2) is 4.44. The minimum absolute atomic E-state index is 0.284. The molecule has 2 N–H and O–H groups in total. The molecule has 10 heavy (non-hydrogen) atoms. The predicted octanol–water partition coefficient (Wildman–Crippen LogP) is -0.0693. The number of methoxy groups -OCH3 is 1. The van der Waals surface area contributed by atoms with Crippen LogP contribution in [-0.2, 0) is 4.74 Å². The molecule has 2 unspecified atom stereocenters. The smallest absolute Gasteiger partial charge is 0.103 e. The molecular weight excluding hydrogens is 132 g/mol. The van der Waals surface area contributed by atoms with Gasteiger partial charge in [0, 0.05) is 7.11 Å². The first kappa shape index (κ1) is 9.62. The SMILES string of the molecule is C=C(COC)C(O)C(C)O. The average Bonchev–Trinajstić information content (AvgIpc) is 1.87. The van der Waals surface area contributed by atoms with Crippen LogP contribution in [0.25, 0.3) is 0 Å². The van der Waals surface area contributed by atoms with E-state index in [1.807, 2.05) is 0 Å². The molecule has 0 rings (SSSR count). The third kappa shape index (κ3) is 2.96. The highest BCUT2D eigenvalue weighted by molar-refractivity contribution is 5.03. The van der Waals surface area contributed by atoms with Crippen LogP contribution in [0.1, 0.15) is 6.92 Å². The summed E-state index contributed by atoms with van der Waals surface area (Å²) in [5.41, 5.74) is 0.498. The Labute approximate surface area is 60.9 Å². The van der Waals surface area contributed by atoms with Crippen LogP contribution in [0.2, 0.25) is 0 Å². The lowest BCUT2D eigenvalue weighted by Crippen LogP contribution is -2.26. The monoisotopic (exact) mass is 146 g/mol. The van der Waals surface area contributed by atoms with Crippen LogP contribution in [-0.4, -0.2) is 36.1 Å². The van der Waals surface area contributed by atoms with Crippen molar-refractivity contribution in [3.05, 3.63) is 12.2 Å². The van der Waals surface area contributed by atoms with Crippen molar-refractivity contribution < 1.29 is 14.9 Å². The van der Waals surface area contributed by atoms with Crippen molar-refractivity contribution in [2.75, 3.05) is 13.7 Å². The number of ether oxygens (including phenoxy) is 1. The summed E-state index contributed by atoms with van der Waals surface area (Å²) in [7, 11) is 1.51. The molecule has 0 radical (unpaired) electrons. The highest BCUT2D eigenvalue weighted by atomic mass is 16.5. The summed E-state index contributed by atoms with van der Waals surface area (Å²) in [4.78, 5) is 0. The van der Waals surface area contributed by atoms with Crippen molar-refractivity contribution in [2.45, 2.75) is 19.1 Å². The van der Waals surface area contributed by atoms with E-state index in [1.54, 1.807) is 0 Å². The fraction of sp³-hybridized carbons (Fsp3) is 0.714. The van der Waals surface area contributed by atoms with Gasteiger partial charge >= 0.3 is 0 Å². The Hall–Kier alpha value is -0.380. The maximum atomic E-state index is 9.10. The first-order valence-corrected chi connectivity index (χ1v) is 3.12. The highest BCUT2D eigenvalue weighted by Crippen LogP contribution is 2.03. The largest absolute Gasteiger partial charge is 0.390 e. The van der Waals surface area contributed by atoms with Gasteiger partial charge in [0.05, 0.1) is 12.7 Å². The third-order valence-corrected chi connectivity index (χ3v) is 1.20. The second-order valence-corrected chi connectivity index (χ2v) is 2.28. The molecule has 0 aromatic rings. The lowest BCUT2D eigenvalue weighted by atomic mass is 10.1. The fourth-order valence-electron chi connectivity index (χ4n) is 0.612. The maximum absolute atomic E-state index is 9.10. The van der Waals surface area contributed by atoms with Gasteiger partial charge in [-0.05, 0) is 12.5 Å². The maximum Gasteiger partial charge on any atom is 0.103 e. The lowest BCUT2D eigenvalue weighted by Gasteiger charge is -2.15. The van der Waals surface area contributed by atoms with E-state index in [0.29, 0.717) is 5.57 Å². The zero-order valence-corrected chi connectivity index (χ0v) is 6.37. The zero-order chi connectivity index (χ0) is 8.15. The lowest BCUT2D eigenvalue weighted by molar-refractivity contribution is 0.0452. The summed E-state index contributed by atoms with van der Waals surface area (Å²) in [5.74, 6) is 0. The molecule has 0 aromatic carbocycles. The summed E-state index contributed by atoms with van der Waals surface area (Å²) in [5, 5.41) is 17.9. The molecule has 60 valence electrons. The van der Waals surface area contributed by atoms with E-state index < -0.39 is 12.2 Å². The Morgan fingerprint density at radius 2 is 2.10 bits per heavy atom. The van der Waals surface area contributed by atoms with Crippen LogP contribution in [0.3, 0.4) is 0 Å². The van der Waals surface area contributed by atoms with Gasteiger partial charge in [-0.1, -0.05) is 6.58 Å². The average molecular weight is 146 g/mol. The van der Waals surface area contributed by atoms with Gasteiger partial charge in [0.1, 0.15) is 6.10 Å². The minimum atomic E-state index is -0.875.